The Labute approximate surface area is 119 Å². The minimum Gasteiger partial charge on any atom is -0.330 e. The summed E-state index contributed by atoms with van der Waals surface area (Å²) in [5, 5.41) is 0. The average molecular weight is 311 g/mol. The van der Waals surface area contributed by atoms with Crippen molar-refractivity contribution in [2.45, 2.75) is 24.5 Å². The Morgan fingerprint density at radius 1 is 1.50 bits per heavy atom. The molecule has 0 aromatic carbocycles. The quantitative estimate of drug-likeness (QED) is 0.926. The molecule has 1 unspecified atom stereocenters. The first-order valence-electron chi connectivity index (χ1n) is 5.64. The fourth-order valence-corrected chi connectivity index (χ4v) is 5.06. The summed E-state index contributed by atoms with van der Waals surface area (Å²) in [4.78, 5) is 1.02. The highest BCUT2D eigenvalue weighted by Gasteiger charge is 2.39. The Morgan fingerprint density at radius 2 is 2.17 bits per heavy atom. The number of thiophene rings is 1. The monoisotopic (exact) mass is 310 g/mol. The average Bonchev–Trinajstić information content (AvgIpc) is 2.86. The Kier molecular flexibility index (Phi) is 4.83. The first-order valence-corrected chi connectivity index (χ1v) is 7.90. The van der Waals surface area contributed by atoms with Crippen LogP contribution >= 0.6 is 23.7 Å². The van der Waals surface area contributed by atoms with E-state index in [-0.39, 0.29) is 17.8 Å². The second kappa shape index (κ2) is 5.46. The lowest BCUT2D eigenvalue weighted by Gasteiger charge is -2.21. The van der Waals surface area contributed by atoms with Gasteiger partial charge in [-0.2, -0.15) is 4.31 Å². The Morgan fingerprint density at radius 3 is 2.61 bits per heavy atom. The first-order chi connectivity index (χ1) is 7.87. The van der Waals surface area contributed by atoms with Crippen LogP contribution in [0.4, 0.5) is 0 Å². The lowest BCUT2D eigenvalue weighted by atomic mass is 9.90. The van der Waals surface area contributed by atoms with Crippen molar-refractivity contribution in [1.82, 2.24) is 4.31 Å². The zero-order valence-electron chi connectivity index (χ0n) is 10.5. The molecule has 18 heavy (non-hydrogen) atoms. The minimum absolute atomic E-state index is 0. The van der Waals surface area contributed by atoms with E-state index < -0.39 is 10.0 Å². The molecule has 1 aromatic rings. The van der Waals surface area contributed by atoms with Crippen molar-refractivity contribution < 1.29 is 8.42 Å². The fraction of sp³-hybridized carbons (Fsp3) is 0.636. The van der Waals surface area contributed by atoms with Crippen molar-refractivity contribution in [2.24, 2.45) is 11.1 Å². The van der Waals surface area contributed by atoms with E-state index in [1.165, 1.54) is 11.3 Å². The predicted octanol–water partition coefficient (Wildman–Crippen LogP) is 1.84. The van der Waals surface area contributed by atoms with E-state index in [2.05, 4.69) is 0 Å². The summed E-state index contributed by atoms with van der Waals surface area (Å²) in [6, 6.07) is 3.53. The van der Waals surface area contributed by atoms with Gasteiger partial charge in [-0.15, -0.1) is 23.7 Å². The molecule has 2 heterocycles. The van der Waals surface area contributed by atoms with Crippen molar-refractivity contribution in [3.8, 4) is 0 Å². The van der Waals surface area contributed by atoms with Crippen molar-refractivity contribution in [2.75, 3.05) is 19.6 Å². The molecule has 2 N–H and O–H groups in total. The van der Waals surface area contributed by atoms with E-state index in [1.54, 1.807) is 10.4 Å². The molecular weight excluding hydrogens is 292 g/mol. The van der Waals surface area contributed by atoms with Gasteiger partial charge in [0.05, 0.1) is 0 Å². The van der Waals surface area contributed by atoms with Crippen LogP contribution in [-0.2, 0) is 10.0 Å². The van der Waals surface area contributed by atoms with Gasteiger partial charge in [0, 0.05) is 18.0 Å². The molecule has 2 rings (SSSR count). The molecule has 1 aliphatic heterocycles. The predicted molar refractivity (Wildman–Crippen MR) is 76.8 cm³/mol. The van der Waals surface area contributed by atoms with Gasteiger partial charge in [0.1, 0.15) is 4.21 Å². The highest BCUT2D eigenvalue weighted by atomic mass is 35.5. The first kappa shape index (κ1) is 15.9. The van der Waals surface area contributed by atoms with Gasteiger partial charge in [0.15, 0.2) is 0 Å². The normalized spacial score (nSPS) is 25.1. The van der Waals surface area contributed by atoms with Crippen LogP contribution in [0.2, 0.25) is 0 Å². The van der Waals surface area contributed by atoms with E-state index in [0.717, 1.165) is 11.3 Å². The van der Waals surface area contributed by atoms with Crippen LogP contribution in [0.1, 0.15) is 18.2 Å². The molecule has 0 radical (unpaired) electrons. The van der Waals surface area contributed by atoms with Crippen LogP contribution in [0.15, 0.2) is 16.3 Å². The summed E-state index contributed by atoms with van der Waals surface area (Å²) >= 11 is 1.33. The lowest BCUT2D eigenvalue weighted by Crippen LogP contribution is -2.34. The summed E-state index contributed by atoms with van der Waals surface area (Å²) in [6.45, 7) is 5.60. The van der Waals surface area contributed by atoms with Crippen LogP contribution in [0.25, 0.3) is 0 Å². The zero-order chi connectivity index (χ0) is 12.7. The van der Waals surface area contributed by atoms with E-state index in [9.17, 15) is 8.42 Å². The molecule has 104 valence electrons. The largest absolute Gasteiger partial charge is 0.330 e. The van der Waals surface area contributed by atoms with Crippen molar-refractivity contribution in [3.63, 3.8) is 0 Å². The van der Waals surface area contributed by atoms with Crippen LogP contribution < -0.4 is 5.73 Å². The molecule has 1 atom stereocenters. The molecule has 1 fully saturated rings. The van der Waals surface area contributed by atoms with Crippen molar-refractivity contribution >= 4 is 33.8 Å². The molecule has 0 saturated carbocycles. The number of aryl methyl sites for hydroxylation is 1. The van der Waals surface area contributed by atoms with Crippen LogP contribution in [0.3, 0.4) is 0 Å². The zero-order valence-corrected chi connectivity index (χ0v) is 13.0. The maximum atomic E-state index is 12.3. The van der Waals surface area contributed by atoms with E-state index in [4.69, 9.17) is 5.73 Å². The molecule has 1 aliphatic rings. The SMILES string of the molecule is Cc1ccc(S(=O)(=O)N2CCC(C)(CN)C2)s1.Cl. The number of nitrogens with two attached hydrogens (primary N) is 1. The van der Waals surface area contributed by atoms with Gasteiger partial charge in [0.25, 0.3) is 10.0 Å². The molecule has 0 aliphatic carbocycles. The molecule has 1 aromatic heterocycles. The standard InChI is InChI=1S/C11H18N2O2S2.ClH/c1-9-3-4-10(16-9)17(14,15)13-6-5-11(2,7-12)8-13;/h3-4H,5-8,12H2,1-2H3;1H. The lowest BCUT2D eigenvalue weighted by molar-refractivity contribution is 0.350. The summed E-state index contributed by atoms with van der Waals surface area (Å²) < 4.78 is 26.7. The maximum absolute atomic E-state index is 12.3. The molecule has 0 bridgehead atoms. The number of halogens is 1. The smallest absolute Gasteiger partial charge is 0.252 e. The third-order valence-corrected chi connectivity index (χ3v) is 6.64. The van der Waals surface area contributed by atoms with Gasteiger partial charge in [-0.3, -0.25) is 0 Å². The summed E-state index contributed by atoms with van der Waals surface area (Å²) in [5.74, 6) is 0. The summed E-state index contributed by atoms with van der Waals surface area (Å²) in [6.07, 6.45) is 0.840. The molecule has 0 spiro atoms. The highest BCUT2D eigenvalue weighted by molar-refractivity contribution is 7.91. The molecule has 7 heteroatoms. The van der Waals surface area contributed by atoms with Crippen LogP contribution in [0, 0.1) is 12.3 Å². The van der Waals surface area contributed by atoms with Gasteiger partial charge >= 0.3 is 0 Å². The van der Waals surface area contributed by atoms with Gasteiger partial charge in [-0.05, 0) is 37.4 Å². The number of sulfonamides is 1. The van der Waals surface area contributed by atoms with Crippen molar-refractivity contribution in [3.05, 3.63) is 17.0 Å². The molecule has 0 amide bonds. The second-order valence-electron chi connectivity index (χ2n) is 4.97. The van der Waals surface area contributed by atoms with Crippen molar-refractivity contribution in [1.29, 1.82) is 0 Å². The fourth-order valence-electron chi connectivity index (χ4n) is 2.03. The Bertz CT molecular complexity index is 515. The summed E-state index contributed by atoms with van der Waals surface area (Å²) in [5.41, 5.74) is 5.63. The molecular formula is C11H19ClN2O2S2. The third-order valence-electron chi connectivity index (χ3n) is 3.33. The van der Waals surface area contributed by atoms with Gasteiger partial charge in [-0.1, -0.05) is 6.92 Å². The minimum atomic E-state index is -3.30. The molecule has 4 nitrogen and oxygen atoms in total. The topological polar surface area (TPSA) is 63.4 Å². The third kappa shape index (κ3) is 2.88. The number of hydrogen-bond donors (Lipinski definition) is 1. The van der Waals surface area contributed by atoms with Gasteiger partial charge in [-0.25, -0.2) is 8.42 Å². The Balaban J connectivity index is 0.00000162. The second-order valence-corrected chi connectivity index (χ2v) is 8.42. The van der Waals surface area contributed by atoms with Crippen LogP contribution in [-0.4, -0.2) is 32.4 Å². The molecule has 1 saturated heterocycles. The number of rotatable bonds is 3. The van der Waals surface area contributed by atoms with E-state index >= 15 is 0 Å². The number of hydrogen-bond acceptors (Lipinski definition) is 4. The summed E-state index contributed by atoms with van der Waals surface area (Å²) in [7, 11) is -3.30. The maximum Gasteiger partial charge on any atom is 0.252 e. The van der Waals surface area contributed by atoms with E-state index in [1.807, 2.05) is 19.9 Å². The van der Waals surface area contributed by atoms with Crippen LogP contribution in [0.5, 0.6) is 0 Å². The number of nitrogens with zero attached hydrogens (tertiary/aromatic N) is 1. The van der Waals surface area contributed by atoms with E-state index in [0.29, 0.717) is 23.8 Å². The Hall–Kier alpha value is -0.140. The highest BCUT2D eigenvalue weighted by Crippen LogP contribution is 2.34. The van der Waals surface area contributed by atoms with Gasteiger partial charge < -0.3 is 5.73 Å². The van der Waals surface area contributed by atoms with Gasteiger partial charge in [0.2, 0.25) is 0 Å².